The highest BCUT2D eigenvalue weighted by Crippen LogP contribution is 2.23. The maximum Gasteiger partial charge on any atom is 0.227 e. The Morgan fingerprint density at radius 1 is 1.45 bits per heavy atom. The Balaban J connectivity index is 2.12. The molecule has 1 aromatic rings. The molecular formula is C15H20F2N2O. The van der Waals surface area contributed by atoms with Crippen LogP contribution < -0.4 is 5.73 Å². The molecule has 0 aliphatic carbocycles. The summed E-state index contributed by atoms with van der Waals surface area (Å²) in [4.78, 5) is 14.0. The molecular weight excluding hydrogens is 262 g/mol. The van der Waals surface area contributed by atoms with Crippen molar-refractivity contribution in [3.8, 4) is 0 Å². The van der Waals surface area contributed by atoms with E-state index in [1.807, 2.05) is 0 Å². The van der Waals surface area contributed by atoms with Crippen LogP contribution in [-0.4, -0.2) is 29.9 Å². The number of piperidine rings is 1. The third-order valence-corrected chi connectivity index (χ3v) is 4.03. The van der Waals surface area contributed by atoms with Crippen LogP contribution in [0.3, 0.4) is 0 Å². The first-order valence-electron chi connectivity index (χ1n) is 6.96. The van der Waals surface area contributed by atoms with Crippen LogP contribution in [-0.2, 0) is 11.2 Å². The molecule has 2 rings (SSSR count). The zero-order chi connectivity index (χ0) is 14.7. The minimum atomic E-state index is -0.547. The molecule has 0 aromatic heterocycles. The van der Waals surface area contributed by atoms with E-state index in [0.717, 1.165) is 31.0 Å². The number of carbonyl (C=O) groups is 1. The molecule has 2 N–H and O–H groups in total. The van der Waals surface area contributed by atoms with Gasteiger partial charge < -0.3 is 10.6 Å². The predicted molar refractivity (Wildman–Crippen MR) is 73.0 cm³/mol. The fourth-order valence-electron chi connectivity index (χ4n) is 2.86. The van der Waals surface area contributed by atoms with Crippen molar-refractivity contribution in [1.29, 1.82) is 0 Å². The third-order valence-electron chi connectivity index (χ3n) is 4.03. The molecule has 20 heavy (non-hydrogen) atoms. The molecule has 0 spiro atoms. The first-order valence-corrected chi connectivity index (χ1v) is 6.96. The van der Waals surface area contributed by atoms with E-state index in [1.165, 1.54) is 0 Å². The Morgan fingerprint density at radius 2 is 2.20 bits per heavy atom. The molecule has 1 aliphatic rings. The SMILES string of the molecule is C[C@@H]1CCCN(C(=O)Cc2cc(F)ccc2F)[C@@H]1CN. The summed E-state index contributed by atoms with van der Waals surface area (Å²) in [5.74, 6) is -0.919. The van der Waals surface area contributed by atoms with Crippen LogP contribution in [0.2, 0.25) is 0 Å². The van der Waals surface area contributed by atoms with Gasteiger partial charge in [-0.3, -0.25) is 4.79 Å². The van der Waals surface area contributed by atoms with Gasteiger partial charge >= 0.3 is 0 Å². The smallest absolute Gasteiger partial charge is 0.227 e. The first-order chi connectivity index (χ1) is 9.52. The lowest BCUT2D eigenvalue weighted by Crippen LogP contribution is -2.51. The van der Waals surface area contributed by atoms with Crippen molar-refractivity contribution in [2.45, 2.75) is 32.2 Å². The van der Waals surface area contributed by atoms with E-state index in [0.29, 0.717) is 19.0 Å². The molecule has 0 radical (unpaired) electrons. The van der Waals surface area contributed by atoms with Crippen molar-refractivity contribution in [3.05, 3.63) is 35.4 Å². The lowest BCUT2D eigenvalue weighted by atomic mass is 9.90. The van der Waals surface area contributed by atoms with E-state index in [-0.39, 0.29) is 23.9 Å². The molecule has 2 atom stereocenters. The van der Waals surface area contributed by atoms with Crippen LogP contribution in [0.1, 0.15) is 25.3 Å². The van der Waals surface area contributed by atoms with Gasteiger partial charge in [-0.1, -0.05) is 6.92 Å². The molecule has 5 heteroatoms. The maximum atomic E-state index is 13.6. The number of hydrogen-bond acceptors (Lipinski definition) is 2. The summed E-state index contributed by atoms with van der Waals surface area (Å²) >= 11 is 0. The van der Waals surface area contributed by atoms with Gasteiger partial charge in [0.2, 0.25) is 5.91 Å². The highest BCUT2D eigenvalue weighted by molar-refractivity contribution is 5.79. The summed E-state index contributed by atoms with van der Waals surface area (Å²) in [6.45, 7) is 3.11. The molecule has 1 heterocycles. The van der Waals surface area contributed by atoms with Crippen molar-refractivity contribution in [3.63, 3.8) is 0 Å². The van der Waals surface area contributed by atoms with Crippen molar-refractivity contribution in [2.24, 2.45) is 11.7 Å². The molecule has 1 aromatic carbocycles. The quantitative estimate of drug-likeness (QED) is 0.922. The van der Waals surface area contributed by atoms with Gasteiger partial charge in [0, 0.05) is 24.7 Å². The summed E-state index contributed by atoms with van der Waals surface area (Å²) in [7, 11) is 0. The summed E-state index contributed by atoms with van der Waals surface area (Å²) in [5, 5.41) is 0. The summed E-state index contributed by atoms with van der Waals surface area (Å²) in [5.41, 5.74) is 5.84. The standard InChI is InChI=1S/C15H20F2N2O/c1-10-3-2-6-19(14(10)9-18)15(20)8-11-7-12(16)4-5-13(11)17/h4-5,7,10,14H,2-3,6,8-9,18H2,1H3/t10-,14-/m1/s1. The Bertz CT molecular complexity index is 493. The Kier molecular flexibility index (Phi) is 4.70. The van der Waals surface area contributed by atoms with Crippen molar-refractivity contribution < 1.29 is 13.6 Å². The Morgan fingerprint density at radius 3 is 2.90 bits per heavy atom. The fraction of sp³-hybridized carbons (Fsp3) is 0.533. The summed E-state index contributed by atoms with van der Waals surface area (Å²) in [6, 6.07) is 3.18. The predicted octanol–water partition coefficient (Wildman–Crippen LogP) is 2.09. The molecule has 1 amide bonds. The zero-order valence-electron chi connectivity index (χ0n) is 11.6. The molecule has 1 saturated heterocycles. The first kappa shape index (κ1) is 14.9. The van der Waals surface area contributed by atoms with Gasteiger partial charge in [0.05, 0.1) is 6.42 Å². The molecule has 0 bridgehead atoms. The molecule has 1 fully saturated rings. The van der Waals surface area contributed by atoms with E-state index < -0.39 is 11.6 Å². The van der Waals surface area contributed by atoms with Gasteiger partial charge in [-0.15, -0.1) is 0 Å². The number of nitrogens with zero attached hydrogens (tertiary/aromatic N) is 1. The van der Waals surface area contributed by atoms with Gasteiger partial charge in [0.15, 0.2) is 0 Å². The van der Waals surface area contributed by atoms with Crippen LogP contribution in [0.5, 0.6) is 0 Å². The minimum absolute atomic E-state index is 0.00660. The van der Waals surface area contributed by atoms with Crippen molar-refractivity contribution in [1.82, 2.24) is 4.90 Å². The number of amides is 1. The van der Waals surface area contributed by atoms with Crippen LogP contribution in [0.4, 0.5) is 8.78 Å². The van der Waals surface area contributed by atoms with Gasteiger partial charge in [0.25, 0.3) is 0 Å². The normalized spacial score (nSPS) is 22.9. The molecule has 0 unspecified atom stereocenters. The number of nitrogens with two attached hydrogens (primary N) is 1. The molecule has 0 saturated carbocycles. The number of hydrogen-bond donors (Lipinski definition) is 1. The Hall–Kier alpha value is -1.49. The van der Waals surface area contributed by atoms with Gasteiger partial charge in [-0.2, -0.15) is 0 Å². The second-order valence-electron chi connectivity index (χ2n) is 5.42. The van der Waals surface area contributed by atoms with Gasteiger partial charge in [-0.25, -0.2) is 8.78 Å². The highest BCUT2D eigenvalue weighted by atomic mass is 19.1. The number of halogens is 2. The maximum absolute atomic E-state index is 13.6. The molecule has 3 nitrogen and oxygen atoms in total. The Labute approximate surface area is 117 Å². The van der Waals surface area contributed by atoms with E-state index >= 15 is 0 Å². The number of carbonyl (C=O) groups excluding carboxylic acids is 1. The highest BCUT2D eigenvalue weighted by Gasteiger charge is 2.30. The third kappa shape index (κ3) is 3.15. The lowest BCUT2D eigenvalue weighted by Gasteiger charge is -2.39. The van der Waals surface area contributed by atoms with E-state index in [1.54, 1.807) is 4.90 Å². The summed E-state index contributed by atoms with van der Waals surface area (Å²) in [6.07, 6.45) is 1.85. The van der Waals surface area contributed by atoms with E-state index in [9.17, 15) is 13.6 Å². The number of rotatable bonds is 3. The number of benzene rings is 1. The zero-order valence-corrected chi connectivity index (χ0v) is 11.6. The topological polar surface area (TPSA) is 46.3 Å². The lowest BCUT2D eigenvalue weighted by molar-refractivity contribution is -0.135. The molecule has 110 valence electrons. The molecule has 1 aliphatic heterocycles. The second-order valence-corrected chi connectivity index (χ2v) is 5.42. The van der Waals surface area contributed by atoms with Gasteiger partial charge in [-0.05, 0) is 37.0 Å². The average Bonchev–Trinajstić information content (AvgIpc) is 2.42. The minimum Gasteiger partial charge on any atom is -0.338 e. The monoisotopic (exact) mass is 282 g/mol. The van der Waals surface area contributed by atoms with Crippen LogP contribution in [0.15, 0.2) is 18.2 Å². The van der Waals surface area contributed by atoms with Gasteiger partial charge in [0.1, 0.15) is 11.6 Å². The largest absolute Gasteiger partial charge is 0.338 e. The van der Waals surface area contributed by atoms with E-state index in [4.69, 9.17) is 5.73 Å². The van der Waals surface area contributed by atoms with Crippen molar-refractivity contribution in [2.75, 3.05) is 13.1 Å². The number of likely N-dealkylation sites (tertiary alicyclic amines) is 1. The summed E-state index contributed by atoms with van der Waals surface area (Å²) < 4.78 is 26.7. The second kappa shape index (κ2) is 6.31. The van der Waals surface area contributed by atoms with Crippen LogP contribution >= 0.6 is 0 Å². The van der Waals surface area contributed by atoms with Crippen LogP contribution in [0, 0.1) is 17.6 Å². The fourth-order valence-corrected chi connectivity index (χ4v) is 2.86. The van der Waals surface area contributed by atoms with E-state index in [2.05, 4.69) is 6.92 Å². The van der Waals surface area contributed by atoms with Crippen molar-refractivity contribution >= 4 is 5.91 Å². The van der Waals surface area contributed by atoms with Crippen LogP contribution in [0.25, 0.3) is 0 Å². The average molecular weight is 282 g/mol.